The summed E-state index contributed by atoms with van der Waals surface area (Å²) in [5.74, 6) is 1.29. The van der Waals surface area contributed by atoms with Crippen molar-refractivity contribution in [3.63, 3.8) is 0 Å². The van der Waals surface area contributed by atoms with Crippen LogP contribution in [0.25, 0.3) is 5.69 Å². The quantitative estimate of drug-likeness (QED) is 0.287. The number of anilines is 2. The summed E-state index contributed by atoms with van der Waals surface area (Å²) in [4.78, 5) is 13.6. The third kappa shape index (κ3) is 4.65. The van der Waals surface area contributed by atoms with Crippen LogP contribution in [0.4, 0.5) is 11.4 Å². The predicted molar refractivity (Wildman–Crippen MR) is 158 cm³/mol. The first kappa shape index (κ1) is 24.9. The summed E-state index contributed by atoms with van der Waals surface area (Å²) in [5.41, 5.74) is 5.05. The van der Waals surface area contributed by atoms with Crippen LogP contribution in [0.5, 0.6) is 0 Å². The van der Waals surface area contributed by atoms with E-state index in [0.29, 0.717) is 16.9 Å². The van der Waals surface area contributed by atoms with Gasteiger partial charge in [-0.05, 0) is 85.1 Å². The number of rotatable bonds is 5. The summed E-state index contributed by atoms with van der Waals surface area (Å²) in [6.45, 7) is 6.68. The monoisotopic (exact) mass is 542 g/mol. The lowest BCUT2D eigenvalue weighted by atomic mass is 9.91. The highest BCUT2D eigenvalue weighted by molar-refractivity contribution is 7.80. The molecule has 6 rings (SSSR count). The maximum atomic E-state index is 6.98. The number of nitrogens with zero attached hydrogens (tertiary/aromatic N) is 5. The zero-order valence-corrected chi connectivity index (χ0v) is 23.1. The van der Waals surface area contributed by atoms with Gasteiger partial charge in [0.25, 0.3) is 0 Å². The number of halogens is 1. The van der Waals surface area contributed by atoms with Crippen molar-refractivity contribution in [1.82, 2.24) is 19.9 Å². The lowest BCUT2D eigenvalue weighted by Crippen LogP contribution is -2.38. The molecule has 5 heterocycles. The third-order valence-electron chi connectivity index (χ3n) is 7.52. The average Bonchev–Trinajstić information content (AvgIpc) is 3.53. The number of pyridine rings is 2. The summed E-state index contributed by atoms with van der Waals surface area (Å²) in [7, 11) is 0. The molecule has 194 valence electrons. The number of hydrogen-bond acceptors (Lipinski definition) is 4. The Bertz CT molecular complexity index is 1420. The predicted octanol–water partition coefficient (Wildman–Crippen LogP) is 6.58. The second-order valence-corrected chi connectivity index (χ2v) is 11.3. The Hall–Kier alpha value is -3.42. The van der Waals surface area contributed by atoms with Crippen molar-refractivity contribution in [2.24, 2.45) is 11.8 Å². The Morgan fingerprint density at radius 1 is 0.947 bits per heavy atom. The van der Waals surface area contributed by atoms with E-state index in [1.54, 1.807) is 6.20 Å². The molecule has 8 heteroatoms. The highest BCUT2D eigenvalue weighted by Crippen LogP contribution is 2.44. The van der Waals surface area contributed by atoms with Gasteiger partial charge in [0.2, 0.25) is 0 Å². The summed E-state index contributed by atoms with van der Waals surface area (Å²) in [6, 6.07) is 20.3. The molecule has 0 amide bonds. The molecule has 0 spiro atoms. The van der Waals surface area contributed by atoms with Gasteiger partial charge in [0, 0.05) is 43.1 Å². The van der Waals surface area contributed by atoms with Crippen LogP contribution >= 0.6 is 23.8 Å². The molecule has 4 aromatic rings. The van der Waals surface area contributed by atoms with Gasteiger partial charge in [-0.3, -0.25) is 9.97 Å². The Labute approximate surface area is 234 Å². The fourth-order valence-electron chi connectivity index (χ4n) is 6.06. The Balaban J connectivity index is 1.42. The maximum Gasteiger partial charge on any atom is 0.174 e. The first-order valence-electron chi connectivity index (χ1n) is 13.1. The van der Waals surface area contributed by atoms with E-state index in [0.717, 1.165) is 46.6 Å². The molecule has 1 N–H and O–H groups in total. The molecule has 2 fully saturated rings. The van der Waals surface area contributed by atoms with Gasteiger partial charge in [-0.1, -0.05) is 31.5 Å². The van der Waals surface area contributed by atoms with Gasteiger partial charge in [0.15, 0.2) is 5.11 Å². The number of nitrogens with one attached hydrogen (secondary N) is 1. The van der Waals surface area contributed by atoms with Crippen molar-refractivity contribution in [3.8, 4) is 5.69 Å². The smallest absolute Gasteiger partial charge is 0.174 e. The highest BCUT2D eigenvalue weighted by atomic mass is 35.5. The number of hydrogen-bond donors (Lipinski definition) is 1. The number of thiocarbonyl (C=S) groups is 1. The Morgan fingerprint density at radius 3 is 2.50 bits per heavy atom. The zero-order chi connectivity index (χ0) is 26.2. The van der Waals surface area contributed by atoms with E-state index in [1.807, 2.05) is 36.7 Å². The van der Waals surface area contributed by atoms with E-state index in [4.69, 9.17) is 23.8 Å². The molecular weight excluding hydrogens is 512 g/mol. The van der Waals surface area contributed by atoms with Gasteiger partial charge >= 0.3 is 0 Å². The lowest BCUT2D eigenvalue weighted by molar-refractivity contribution is 0.357. The zero-order valence-electron chi connectivity index (χ0n) is 21.5. The van der Waals surface area contributed by atoms with Crippen molar-refractivity contribution >= 4 is 40.3 Å². The highest BCUT2D eigenvalue weighted by Gasteiger charge is 2.42. The molecule has 0 saturated carbocycles. The summed E-state index contributed by atoms with van der Waals surface area (Å²) < 4.78 is 2.17. The number of piperidine rings is 1. The van der Waals surface area contributed by atoms with Crippen LogP contribution in [-0.4, -0.2) is 32.7 Å². The van der Waals surface area contributed by atoms with E-state index in [9.17, 15) is 0 Å². The van der Waals surface area contributed by atoms with Crippen LogP contribution in [0.3, 0.4) is 0 Å². The molecule has 2 aliphatic rings. The topological polar surface area (TPSA) is 49.2 Å². The van der Waals surface area contributed by atoms with Gasteiger partial charge in [-0.25, -0.2) is 0 Å². The fourth-order valence-corrected chi connectivity index (χ4v) is 6.70. The van der Waals surface area contributed by atoms with Crippen LogP contribution < -0.4 is 15.1 Å². The molecule has 3 aromatic heterocycles. The maximum absolute atomic E-state index is 6.98. The average molecular weight is 543 g/mol. The van der Waals surface area contributed by atoms with Crippen molar-refractivity contribution in [1.29, 1.82) is 0 Å². The van der Waals surface area contributed by atoms with E-state index >= 15 is 0 Å². The standard InChI is InChI=1S/C30H31ClN6S/c1-20-15-21(2)19-35(18-20)26-11-10-22(16-24(26)31)37-29(28(34-30(37)38)25-8-3-4-13-33-25)27-9-6-14-36(27)23-7-5-12-32-17-23/h3-14,16-17,20-21,28-29H,15,18-19H2,1-2H3,(H,34,38)/t20-,21+,28-,29-/m1/s1. The van der Waals surface area contributed by atoms with Crippen molar-refractivity contribution in [2.45, 2.75) is 32.4 Å². The molecule has 0 unspecified atom stereocenters. The molecule has 1 aromatic carbocycles. The SMILES string of the molecule is C[C@@H]1C[C@H](C)CN(c2ccc(N3C(=S)N[C@H](c4ccccn4)[C@H]3c3cccn3-c3cccnc3)cc2Cl)C1. The van der Waals surface area contributed by atoms with Crippen molar-refractivity contribution < 1.29 is 0 Å². The van der Waals surface area contributed by atoms with Crippen LogP contribution in [-0.2, 0) is 0 Å². The van der Waals surface area contributed by atoms with E-state index < -0.39 is 0 Å². The minimum Gasteiger partial charge on any atom is -0.370 e. The summed E-state index contributed by atoms with van der Waals surface area (Å²) in [5, 5.41) is 4.95. The molecule has 6 nitrogen and oxygen atoms in total. The molecule has 0 bridgehead atoms. The van der Waals surface area contributed by atoms with Crippen molar-refractivity contribution in [3.05, 3.63) is 102 Å². The minimum atomic E-state index is -0.149. The van der Waals surface area contributed by atoms with Gasteiger partial charge in [0.05, 0.1) is 34.3 Å². The molecule has 4 atom stereocenters. The third-order valence-corrected chi connectivity index (χ3v) is 8.14. The number of aromatic nitrogens is 3. The number of benzene rings is 1. The van der Waals surface area contributed by atoms with E-state index in [1.165, 1.54) is 6.42 Å². The summed E-state index contributed by atoms with van der Waals surface area (Å²) >= 11 is 12.9. The molecule has 2 saturated heterocycles. The van der Waals surface area contributed by atoms with Gasteiger partial charge in [0.1, 0.15) is 6.04 Å². The molecule has 38 heavy (non-hydrogen) atoms. The van der Waals surface area contributed by atoms with Crippen LogP contribution in [0.15, 0.2) is 85.5 Å². The molecule has 2 aliphatic heterocycles. The molecule has 0 aliphatic carbocycles. The van der Waals surface area contributed by atoms with Crippen molar-refractivity contribution in [2.75, 3.05) is 22.9 Å². The van der Waals surface area contributed by atoms with Crippen LogP contribution in [0.1, 0.15) is 43.7 Å². The summed E-state index contributed by atoms with van der Waals surface area (Å²) in [6.07, 6.45) is 8.81. The van der Waals surface area contributed by atoms with Gasteiger partial charge in [-0.15, -0.1) is 0 Å². The largest absolute Gasteiger partial charge is 0.370 e. The fraction of sp³-hybridized carbons (Fsp3) is 0.300. The first-order chi connectivity index (χ1) is 18.5. The van der Waals surface area contributed by atoms with E-state index in [2.05, 4.69) is 86.1 Å². The second-order valence-electron chi connectivity index (χ2n) is 10.5. The Morgan fingerprint density at radius 2 is 1.79 bits per heavy atom. The van der Waals surface area contributed by atoms with Crippen LogP contribution in [0.2, 0.25) is 5.02 Å². The van der Waals surface area contributed by atoms with Crippen LogP contribution in [0, 0.1) is 11.8 Å². The van der Waals surface area contributed by atoms with E-state index in [-0.39, 0.29) is 12.1 Å². The normalized spacial score (nSPS) is 23.5. The molecule has 0 radical (unpaired) electrons. The first-order valence-corrected chi connectivity index (χ1v) is 13.9. The second kappa shape index (κ2) is 10.4. The minimum absolute atomic E-state index is 0.142. The van der Waals surface area contributed by atoms with Gasteiger partial charge < -0.3 is 19.7 Å². The lowest BCUT2D eigenvalue weighted by Gasteiger charge is -2.37. The Kier molecular flexibility index (Phi) is 6.80. The van der Waals surface area contributed by atoms with Gasteiger partial charge in [-0.2, -0.15) is 0 Å². The molecular formula is C30H31ClN6S.